The molecule has 0 atom stereocenters. The molecule has 2 aromatic rings. The Kier molecular flexibility index (Phi) is 5.94. The molecule has 0 unspecified atom stereocenters. The Morgan fingerprint density at radius 1 is 1.07 bits per heavy atom. The molecule has 1 fully saturated rings. The van der Waals surface area contributed by atoms with Crippen LogP contribution in [0.15, 0.2) is 34.7 Å². The van der Waals surface area contributed by atoms with Crippen LogP contribution in [0.1, 0.15) is 29.9 Å². The number of aryl methyl sites for hydroxylation is 1. The number of furan rings is 1. The molecule has 0 bridgehead atoms. The molecule has 160 valence electrons. The van der Waals surface area contributed by atoms with Crippen molar-refractivity contribution in [2.75, 3.05) is 27.1 Å². The number of carbonyl (C=O) groups is 2. The third-order valence-electron chi connectivity index (χ3n) is 5.19. The SMILES string of the molecule is COCC(=O)N(CC(=O)N(Cc1ccc2c(c1)OCO2)Cc1ccc(C)o1)C1CC1. The molecule has 0 N–H and O–H groups in total. The van der Waals surface area contributed by atoms with Gasteiger partial charge in [0.05, 0.1) is 6.54 Å². The van der Waals surface area contributed by atoms with E-state index in [9.17, 15) is 9.59 Å². The maximum Gasteiger partial charge on any atom is 0.249 e. The lowest BCUT2D eigenvalue weighted by molar-refractivity contribution is -0.144. The molecule has 1 aliphatic heterocycles. The Bertz CT molecular complexity index is 920. The summed E-state index contributed by atoms with van der Waals surface area (Å²) in [5, 5.41) is 0. The normalized spacial score (nSPS) is 14.6. The number of methoxy groups -OCH3 is 1. The van der Waals surface area contributed by atoms with Gasteiger partial charge in [-0.2, -0.15) is 0 Å². The summed E-state index contributed by atoms with van der Waals surface area (Å²) in [7, 11) is 1.48. The zero-order valence-electron chi connectivity index (χ0n) is 17.3. The number of rotatable bonds is 9. The van der Waals surface area contributed by atoms with Crippen molar-refractivity contribution in [2.45, 2.75) is 38.9 Å². The van der Waals surface area contributed by atoms with E-state index in [1.807, 2.05) is 37.3 Å². The molecule has 0 radical (unpaired) electrons. The fourth-order valence-corrected chi connectivity index (χ4v) is 3.51. The highest BCUT2D eigenvalue weighted by Crippen LogP contribution is 2.33. The number of amides is 2. The third kappa shape index (κ3) is 4.76. The van der Waals surface area contributed by atoms with E-state index in [1.54, 1.807) is 9.80 Å². The molecule has 1 aromatic heterocycles. The Hall–Kier alpha value is -3.00. The maximum atomic E-state index is 13.2. The van der Waals surface area contributed by atoms with Crippen LogP contribution in [0.2, 0.25) is 0 Å². The molecule has 8 heteroatoms. The van der Waals surface area contributed by atoms with E-state index in [1.165, 1.54) is 7.11 Å². The highest BCUT2D eigenvalue weighted by molar-refractivity contribution is 5.86. The van der Waals surface area contributed by atoms with Gasteiger partial charge in [0, 0.05) is 19.7 Å². The van der Waals surface area contributed by atoms with Crippen LogP contribution in [0.4, 0.5) is 0 Å². The lowest BCUT2D eigenvalue weighted by Crippen LogP contribution is -2.44. The predicted octanol–water partition coefficient (Wildman–Crippen LogP) is 2.48. The number of hydrogen-bond donors (Lipinski definition) is 0. The van der Waals surface area contributed by atoms with Crippen molar-refractivity contribution in [3.05, 3.63) is 47.4 Å². The maximum absolute atomic E-state index is 13.2. The van der Waals surface area contributed by atoms with Gasteiger partial charge in [-0.05, 0) is 49.6 Å². The van der Waals surface area contributed by atoms with Gasteiger partial charge in [0.2, 0.25) is 18.6 Å². The van der Waals surface area contributed by atoms with Crippen LogP contribution in [-0.4, -0.2) is 54.7 Å². The van der Waals surface area contributed by atoms with Gasteiger partial charge in [0.15, 0.2) is 11.5 Å². The Balaban J connectivity index is 1.51. The highest BCUT2D eigenvalue weighted by atomic mass is 16.7. The lowest BCUT2D eigenvalue weighted by atomic mass is 10.2. The molecule has 2 amide bonds. The first-order chi connectivity index (χ1) is 14.5. The van der Waals surface area contributed by atoms with Gasteiger partial charge in [-0.1, -0.05) is 6.07 Å². The number of carbonyl (C=O) groups excluding carboxylic acids is 2. The molecule has 0 spiro atoms. The Morgan fingerprint density at radius 3 is 2.57 bits per heavy atom. The van der Waals surface area contributed by atoms with Crippen molar-refractivity contribution < 1.29 is 28.2 Å². The third-order valence-corrected chi connectivity index (χ3v) is 5.19. The van der Waals surface area contributed by atoms with E-state index in [0.29, 0.717) is 30.3 Å². The minimum absolute atomic E-state index is 0.0245. The van der Waals surface area contributed by atoms with Crippen LogP contribution < -0.4 is 9.47 Å². The van der Waals surface area contributed by atoms with E-state index in [0.717, 1.165) is 24.2 Å². The van der Waals surface area contributed by atoms with Gasteiger partial charge in [-0.25, -0.2) is 0 Å². The summed E-state index contributed by atoms with van der Waals surface area (Å²) in [6.07, 6.45) is 1.84. The molecule has 4 rings (SSSR count). The fraction of sp³-hybridized carbons (Fsp3) is 0.455. The molecule has 1 aliphatic carbocycles. The summed E-state index contributed by atoms with van der Waals surface area (Å²) in [4.78, 5) is 29.0. The number of fused-ring (bicyclic) bond motifs is 1. The van der Waals surface area contributed by atoms with Crippen LogP contribution in [0.5, 0.6) is 11.5 Å². The Morgan fingerprint density at radius 2 is 1.87 bits per heavy atom. The second kappa shape index (κ2) is 8.79. The second-order valence-corrected chi connectivity index (χ2v) is 7.64. The van der Waals surface area contributed by atoms with Crippen LogP contribution in [-0.2, 0) is 27.4 Å². The van der Waals surface area contributed by atoms with Crippen LogP contribution >= 0.6 is 0 Å². The summed E-state index contributed by atoms with van der Waals surface area (Å²) < 4.78 is 21.5. The molecule has 30 heavy (non-hydrogen) atoms. The minimum Gasteiger partial charge on any atom is -0.464 e. The Labute approximate surface area is 175 Å². The van der Waals surface area contributed by atoms with Crippen LogP contribution in [0.3, 0.4) is 0 Å². The summed E-state index contributed by atoms with van der Waals surface area (Å²) in [5.41, 5.74) is 0.914. The summed E-state index contributed by atoms with van der Waals surface area (Å²) in [6.45, 7) is 2.75. The van der Waals surface area contributed by atoms with Gasteiger partial charge in [-0.15, -0.1) is 0 Å². The minimum atomic E-state index is -0.162. The van der Waals surface area contributed by atoms with Crippen LogP contribution in [0, 0.1) is 6.92 Å². The summed E-state index contributed by atoms with van der Waals surface area (Å²) >= 11 is 0. The summed E-state index contributed by atoms with van der Waals surface area (Å²) in [5.74, 6) is 2.55. The number of hydrogen-bond acceptors (Lipinski definition) is 6. The number of nitrogens with zero attached hydrogens (tertiary/aromatic N) is 2. The van der Waals surface area contributed by atoms with Crippen molar-refractivity contribution in [1.82, 2.24) is 9.80 Å². The van der Waals surface area contributed by atoms with E-state index in [2.05, 4.69) is 0 Å². The molecule has 0 saturated heterocycles. The molecule has 2 aliphatic rings. The molecule has 1 saturated carbocycles. The van der Waals surface area contributed by atoms with Crippen molar-refractivity contribution in [1.29, 1.82) is 0 Å². The van der Waals surface area contributed by atoms with Gasteiger partial charge in [0.25, 0.3) is 0 Å². The van der Waals surface area contributed by atoms with Crippen molar-refractivity contribution in [2.24, 2.45) is 0 Å². The fourth-order valence-electron chi connectivity index (χ4n) is 3.51. The van der Waals surface area contributed by atoms with Crippen molar-refractivity contribution in [3.8, 4) is 11.5 Å². The largest absolute Gasteiger partial charge is 0.464 e. The van der Waals surface area contributed by atoms with Crippen molar-refractivity contribution >= 4 is 11.8 Å². The zero-order valence-corrected chi connectivity index (χ0v) is 17.3. The zero-order chi connectivity index (χ0) is 21.1. The van der Waals surface area contributed by atoms with Gasteiger partial charge in [-0.3, -0.25) is 9.59 Å². The average molecular weight is 414 g/mol. The van der Waals surface area contributed by atoms with E-state index < -0.39 is 0 Å². The molecular formula is C22H26N2O6. The quantitative estimate of drug-likeness (QED) is 0.627. The van der Waals surface area contributed by atoms with Gasteiger partial charge in [0.1, 0.15) is 24.7 Å². The molecule has 8 nitrogen and oxygen atoms in total. The average Bonchev–Trinajstić information content (AvgIpc) is 3.31. The second-order valence-electron chi connectivity index (χ2n) is 7.64. The smallest absolute Gasteiger partial charge is 0.249 e. The molecule has 1 aromatic carbocycles. The first-order valence-electron chi connectivity index (χ1n) is 10.0. The first kappa shape index (κ1) is 20.3. The van der Waals surface area contributed by atoms with E-state index >= 15 is 0 Å². The molecular weight excluding hydrogens is 388 g/mol. The van der Waals surface area contributed by atoms with Gasteiger partial charge < -0.3 is 28.4 Å². The monoisotopic (exact) mass is 414 g/mol. The topological polar surface area (TPSA) is 81.5 Å². The molecule has 2 heterocycles. The van der Waals surface area contributed by atoms with Gasteiger partial charge >= 0.3 is 0 Å². The number of ether oxygens (including phenoxy) is 3. The van der Waals surface area contributed by atoms with E-state index in [-0.39, 0.29) is 37.8 Å². The highest BCUT2D eigenvalue weighted by Gasteiger charge is 2.34. The first-order valence-corrected chi connectivity index (χ1v) is 10.0. The summed E-state index contributed by atoms with van der Waals surface area (Å²) in [6, 6.07) is 9.49. The van der Waals surface area contributed by atoms with Crippen molar-refractivity contribution in [3.63, 3.8) is 0 Å². The lowest BCUT2D eigenvalue weighted by Gasteiger charge is -2.27. The van der Waals surface area contributed by atoms with E-state index in [4.69, 9.17) is 18.6 Å². The number of benzene rings is 1. The standard InChI is InChI=1S/C22H26N2O6/c1-15-3-7-18(30-15)11-23(10-16-4-8-19-20(9-16)29-14-28-19)21(25)12-24(17-5-6-17)22(26)13-27-2/h3-4,7-9,17H,5-6,10-14H2,1-2H3. The predicted molar refractivity (Wildman–Crippen MR) is 107 cm³/mol. The van der Waals surface area contributed by atoms with Crippen LogP contribution in [0.25, 0.3) is 0 Å².